The number of benzene rings is 3. The Bertz CT molecular complexity index is 1760. The molecule has 0 saturated heterocycles. The third kappa shape index (κ3) is 5.45. The van der Waals surface area contributed by atoms with Crippen LogP contribution in [0, 0.1) is 18.3 Å². The van der Waals surface area contributed by atoms with Gasteiger partial charge in [0.1, 0.15) is 23.1 Å². The van der Waals surface area contributed by atoms with Gasteiger partial charge in [-0.15, -0.1) is 0 Å². The first kappa shape index (κ1) is 28.1. The highest BCUT2D eigenvalue weighted by Gasteiger charge is 2.35. The van der Waals surface area contributed by atoms with Crippen LogP contribution in [0.2, 0.25) is 0 Å². The van der Waals surface area contributed by atoms with Crippen LogP contribution in [0.4, 0.5) is 0 Å². The van der Waals surface area contributed by atoms with Gasteiger partial charge in [-0.1, -0.05) is 30.3 Å². The first-order valence-corrected chi connectivity index (χ1v) is 13.5. The van der Waals surface area contributed by atoms with Gasteiger partial charge in [0.05, 0.1) is 25.6 Å². The van der Waals surface area contributed by atoms with E-state index in [-0.39, 0.29) is 17.7 Å². The van der Waals surface area contributed by atoms with Crippen LogP contribution in [0.3, 0.4) is 0 Å². The van der Waals surface area contributed by atoms with E-state index in [2.05, 4.69) is 0 Å². The molecule has 3 aromatic carbocycles. The molecule has 0 bridgehead atoms. The second-order valence-corrected chi connectivity index (χ2v) is 9.93. The van der Waals surface area contributed by atoms with Crippen LogP contribution in [-0.4, -0.2) is 47.3 Å². The van der Waals surface area contributed by atoms with Gasteiger partial charge in [0.25, 0.3) is 11.8 Å². The van der Waals surface area contributed by atoms with Crippen LogP contribution in [0.25, 0.3) is 23.0 Å². The van der Waals surface area contributed by atoms with Gasteiger partial charge in [-0.2, -0.15) is 10.4 Å². The maximum atomic E-state index is 13.8. The molecule has 0 saturated carbocycles. The topological polar surface area (TPSA) is 97.5 Å². The zero-order valence-electron chi connectivity index (χ0n) is 23.9. The number of aromatic nitrogens is 2. The summed E-state index contributed by atoms with van der Waals surface area (Å²) in [6, 6.07) is 24.9. The van der Waals surface area contributed by atoms with Gasteiger partial charge in [-0.05, 0) is 85.5 Å². The van der Waals surface area contributed by atoms with E-state index >= 15 is 0 Å². The molecule has 1 aliphatic rings. The number of hydrogen-bond donors (Lipinski definition) is 0. The van der Waals surface area contributed by atoms with Crippen LogP contribution in [-0.2, 0) is 16.0 Å². The Morgan fingerprint density at radius 1 is 0.929 bits per heavy atom. The first-order valence-electron chi connectivity index (χ1n) is 13.5. The fourth-order valence-electron chi connectivity index (χ4n) is 4.98. The van der Waals surface area contributed by atoms with Crippen molar-refractivity contribution in [2.75, 3.05) is 20.8 Å². The lowest BCUT2D eigenvalue weighted by Gasteiger charge is -2.27. The molecular formula is C34H30N4O4. The zero-order valence-corrected chi connectivity index (χ0v) is 23.9. The number of carbonyl (C=O) groups excluding carboxylic acids is 2. The summed E-state index contributed by atoms with van der Waals surface area (Å²) in [4.78, 5) is 28.2. The molecular weight excluding hydrogens is 528 g/mol. The van der Waals surface area contributed by atoms with E-state index in [0.29, 0.717) is 23.3 Å². The maximum absolute atomic E-state index is 13.8. The number of rotatable bonds is 8. The van der Waals surface area contributed by atoms with Crippen LogP contribution < -0.4 is 9.47 Å². The fraction of sp³-hybridized carbons (Fsp3) is 0.176. The molecule has 8 nitrogen and oxygen atoms in total. The van der Waals surface area contributed by atoms with E-state index in [1.165, 1.54) is 0 Å². The number of nitrogens with zero attached hydrogens (tertiary/aromatic N) is 4. The minimum absolute atomic E-state index is 0.0483. The number of amides is 2. The van der Waals surface area contributed by atoms with Crippen molar-refractivity contribution in [1.29, 1.82) is 5.26 Å². The van der Waals surface area contributed by atoms with Crippen LogP contribution in [0.1, 0.15) is 23.6 Å². The Balaban J connectivity index is 1.58. The van der Waals surface area contributed by atoms with Crippen molar-refractivity contribution >= 4 is 17.9 Å². The number of ether oxygens (including phenoxy) is 2. The summed E-state index contributed by atoms with van der Waals surface area (Å²) in [7, 11) is 3.22. The Kier molecular flexibility index (Phi) is 8.02. The Morgan fingerprint density at radius 3 is 2.31 bits per heavy atom. The molecule has 0 unspecified atom stereocenters. The van der Waals surface area contributed by atoms with Crippen molar-refractivity contribution in [3.8, 4) is 34.5 Å². The summed E-state index contributed by atoms with van der Waals surface area (Å²) in [5.41, 5.74) is 5.47. The van der Waals surface area contributed by atoms with Gasteiger partial charge in [-0.25, -0.2) is 4.68 Å². The number of para-hydroxylation sites is 1. The molecule has 210 valence electrons. The van der Waals surface area contributed by atoms with Gasteiger partial charge in [0.15, 0.2) is 0 Å². The third-order valence-corrected chi connectivity index (χ3v) is 7.34. The number of hydrogen-bond acceptors (Lipinski definition) is 6. The van der Waals surface area contributed by atoms with E-state index in [1.807, 2.05) is 92.0 Å². The van der Waals surface area contributed by atoms with Crippen molar-refractivity contribution in [1.82, 2.24) is 14.7 Å². The molecule has 1 aliphatic heterocycles. The highest BCUT2D eigenvalue weighted by molar-refractivity contribution is 6.19. The minimum Gasteiger partial charge on any atom is -0.497 e. The Hall–Kier alpha value is -5.42. The number of carbonyl (C=O) groups is 2. The van der Waals surface area contributed by atoms with Crippen molar-refractivity contribution in [3.63, 3.8) is 0 Å². The molecule has 1 aromatic heterocycles. The van der Waals surface area contributed by atoms with Gasteiger partial charge >= 0.3 is 0 Å². The highest BCUT2D eigenvalue weighted by atomic mass is 16.5. The van der Waals surface area contributed by atoms with Crippen LogP contribution >= 0.6 is 0 Å². The predicted octanol–water partition coefficient (Wildman–Crippen LogP) is 5.70. The molecule has 0 fully saturated rings. The van der Waals surface area contributed by atoms with Gasteiger partial charge < -0.3 is 9.47 Å². The summed E-state index contributed by atoms with van der Waals surface area (Å²) in [6.07, 6.45) is 4.01. The van der Waals surface area contributed by atoms with Gasteiger partial charge in [0, 0.05) is 29.4 Å². The average Bonchev–Trinajstić information content (AvgIpc) is 3.44. The molecule has 2 heterocycles. The largest absolute Gasteiger partial charge is 0.497 e. The lowest BCUT2D eigenvalue weighted by atomic mass is 9.93. The summed E-state index contributed by atoms with van der Waals surface area (Å²) < 4.78 is 12.4. The second-order valence-electron chi connectivity index (χ2n) is 9.93. The van der Waals surface area contributed by atoms with Gasteiger partial charge in [0.2, 0.25) is 0 Å². The summed E-state index contributed by atoms with van der Waals surface area (Å²) in [5, 5.41) is 14.8. The quantitative estimate of drug-likeness (QED) is 0.203. The smallest absolute Gasteiger partial charge is 0.271 e. The minimum atomic E-state index is -0.586. The van der Waals surface area contributed by atoms with Crippen LogP contribution in [0.5, 0.6) is 11.5 Å². The van der Waals surface area contributed by atoms with Crippen molar-refractivity contribution < 1.29 is 19.1 Å². The van der Waals surface area contributed by atoms with Crippen LogP contribution in [0.15, 0.2) is 95.7 Å². The Morgan fingerprint density at radius 2 is 1.67 bits per heavy atom. The highest BCUT2D eigenvalue weighted by Crippen LogP contribution is 2.33. The summed E-state index contributed by atoms with van der Waals surface area (Å²) in [6.45, 7) is 3.73. The van der Waals surface area contributed by atoms with Gasteiger partial charge in [-0.3, -0.25) is 14.5 Å². The molecule has 0 radical (unpaired) electrons. The third-order valence-electron chi connectivity index (χ3n) is 7.34. The molecule has 8 heteroatoms. The monoisotopic (exact) mass is 558 g/mol. The van der Waals surface area contributed by atoms with E-state index in [9.17, 15) is 14.9 Å². The van der Waals surface area contributed by atoms with Crippen molar-refractivity contribution in [3.05, 3.63) is 112 Å². The average molecular weight is 559 g/mol. The van der Waals surface area contributed by atoms with Crippen molar-refractivity contribution in [2.24, 2.45) is 0 Å². The predicted molar refractivity (Wildman–Crippen MR) is 160 cm³/mol. The number of imide groups is 1. The maximum Gasteiger partial charge on any atom is 0.271 e. The fourth-order valence-corrected chi connectivity index (χ4v) is 4.98. The molecule has 0 aliphatic carbocycles. The molecule has 42 heavy (non-hydrogen) atoms. The molecule has 0 N–H and O–H groups in total. The second kappa shape index (κ2) is 12.0. The lowest BCUT2D eigenvalue weighted by Crippen LogP contribution is -2.43. The van der Waals surface area contributed by atoms with E-state index < -0.39 is 11.8 Å². The zero-order chi connectivity index (χ0) is 29.8. The first-order chi connectivity index (χ1) is 20.3. The summed E-state index contributed by atoms with van der Waals surface area (Å²) >= 11 is 0. The summed E-state index contributed by atoms with van der Waals surface area (Å²) in [5.74, 6) is 0.441. The molecule has 5 rings (SSSR count). The number of methoxy groups -OCH3 is 2. The molecule has 0 atom stereocenters. The Labute approximate surface area is 244 Å². The number of aryl methyl sites for hydroxylation is 1. The molecule has 2 amide bonds. The van der Waals surface area contributed by atoms with E-state index in [1.54, 1.807) is 31.9 Å². The van der Waals surface area contributed by atoms with E-state index in [4.69, 9.17) is 14.6 Å². The van der Waals surface area contributed by atoms with E-state index in [0.717, 1.165) is 38.8 Å². The standard InChI is InChI=1S/C34H30N4O4/c1-22-18-25(12-15-31(22)42-4)32-26(21-38(36-32)27-8-6-5-7-9-27)19-29-23(2)30(20-35)34(40)37(33(29)39)17-16-24-10-13-28(41-3)14-11-24/h5-15,18-19,21H,16-17H2,1-4H3/b29-19+. The normalized spacial score (nSPS) is 14.4. The number of nitriles is 1. The van der Waals surface area contributed by atoms with Crippen molar-refractivity contribution in [2.45, 2.75) is 20.3 Å². The molecule has 0 spiro atoms. The SMILES string of the molecule is COc1ccc(CCN2C(=O)C(C#N)=C(C)/C(=C\c3cn(-c4ccccc4)nc3-c3ccc(OC)c(C)c3)C2=O)cc1. The molecule has 4 aromatic rings. The lowest BCUT2D eigenvalue weighted by molar-refractivity contribution is -0.140.